The number of aromatic nitrogens is 1. The summed E-state index contributed by atoms with van der Waals surface area (Å²) in [4.78, 5) is 7.64. The molecule has 0 aliphatic rings. The third kappa shape index (κ3) is 7.94. The van der Waals surface area contributed by atoms with Crippen LogP contribution in [0.2, 0.25) is 0 Å². The number of nitrogens with one attached hydrogen (secondary N) is 2. The zero-order valence-corrected chi connectivity index (χ0v) is 18.9. The highest BCUT2D eigenvalue weighted by atomic mass is 127. The summed E-state index contributed by atoms with van der Waals surface area (Å²) in [5.74, 6) is 0.256. The molecule has 0 spiro atoms. The highest BCUT2D eigenvalue weighted by molar-refractivity contribution is 14.0. The minimum atomic E-state index is -4.47. The molecule has 0 saturated heterocycles. The number of rotatable bonds is 6. The van der Waals surface area contributed by atoms with E-state index in [-0.39, 0.29) is 47.8 Å². The first-order valence-electron chi connectivity index (χ1n) is 7.63. The first-order chi connectivity index (χ1) is 11.4. The predicted molar refractivity (Wildman–Crippen MR) is 109 cm³/mol. The van der Waals surface area contributed by atoms with Crippen LogP contribution in [0.25, 0.3) is 0 Å². The molecule has 1 heterocycles. The highest BCUT2D eigenvalue weighted by Gasteiger charge is 2.33. The van der Waals surface area contributed by atoms with Crippen LogP contribution in [0.4, 0.5) is 13.2 Å². The zero-order valence-electron chi connectivity index (χ0n) is 15.0. The first-order valence-corrected chi connectivity index (χ1v) is 10.2. The lowest BCUT2D eigenvalue weighted by atomic mass is 10.3. The molecule has 152 valence electrons. The minimum Gasteiger partial charge on any atom is -0.357 e. The van der Waals surface area contributed by atoms with Gasteiger partial charge in [-0.2, -0.15) is 13.2 Å². The summed E-state index contributed by atoms with van der Waals surface area (Å²) in [5, 5.41) is 6.96. The molecule has 2 N–H and O–H groups in total. The largest absolute Gasteiger partial charge is 0.434 e. The molecular formula is C14H24F3IN4O2S2. The van der Waals surface area contributed by atoms with Gasteiger partial charge in [0.05, 0.1) is 17.0 Å². The maximum absolute atomic E-state index is 12.5. The van der Waals surface area contributed by atoms with Crippen LogP contribution in [-0.4, -0.2) is 43.0 Å². The third-order valence-electron chi connectivity index (χ3n) is 3.16. The van der Waals surface area contributed by atoms with Crippen molar-refractivity contribution in [3.8, 4) is 0 Å². The summed E-state index contributed by atoms with van der Waals surface area (Å²) in [7, 11) is -3.27. The van der Waals surface area contributed by atoms with Crippen LogP contribution in [0, 0.1) is 0 Å². The van der Waals surface area contributed by atoms with Crippen LogP contribution < -0.4 is 10.6 Å². The fourth-order valence-electron chi connectivity index (χ4n) is 1.61. The second kappa shape index (κ2) is 10.1. The van der Waals surface area contributed by atoms with Crippen molar-refractivity contribution in [2.75, 3.05) is 18.8 Å². The molecule has 1 aromatic rings. The molecule has 12 heteroatoms. The number of halogens is 4. The monoisotopic (exact) mass is 528 g/mol. The lowest BCUT2D eigenvalue weighted by Gasteiger charge is -2.19. The molecule has 26 heavy (non-hydrogen) atoms. The average Bonchev–Trinajstić information content (AvgIpc) is 2.92. The van der Waals surface area contributed by atoms with E-state index >= 15 is 0 Å². The van der Waals surface area contributed by atoms with Gasteiger partial charge >= 0.3 is 6.18 Å². The second-order valence-electron chi connectivity index (χ2n) is 6.18. The normalized spacial score (nSPS) is 13.3. The van der Waals surface area contributed by atoms with Gasteiger partial charge in [0, 0.05) is 18.5 Å². The minimum absolute atomic E-state index is 0. The molecule has 0 radical (unpaired) electrons. The molecule has 0 unspecified atom stereocenters. The van der Waals surface area contributed by atoms with Crippen molar-refractivity contribution in [2.45, 2.75) is 45.2 Å². The molecule has 1 rings (SSSR count). The van der Waals surface area contributed by atoms with Crippen LogP contribution in [-0.2, 0) is 22.6 Å². The van der Waals surface area contributed by atoms with Crippen molar-refractivity contribution in [1.29, 1.82) is 0 Å². The smallest absolute Gasteiger partial charge is 0.357 e. The quantitative estimate of drug-likeness (QED) is 0.337. The summed E-state index contributed by atoms with van der Waals surface area (Å²) in [6.07, 6.45) is -4.47. The molecule has 0 aromatic carbocycles. The summed E-state index contributed by atoms with van der Waals surface area (Å²) in [5.41, 5.74) is -0.933. The van der Waals surface area contributed by atoms with Gasteiger partial charge in [0.25, 0.3) is 0 Å². The summed E-state index contributed by atoms with van der Waals surface area (Å²) in [6, 6.07) is 0. The van der Waals surface area contributed by atoms with E-state index in [1.165, 1.54) is 0 Å². The molecule has 0 atom stereocenters. The van der Waals surface area contributed by atoms with Gasteiger partial charge in [0.15, 0.2) is 21.5 Å². The van der Waals surface area contributed by atoms with Crippen molar-refractivity contribution in [2.24, 2.45) is 4.99 Å². The topological polar surface area (TPSA) is 83.4 Å². The van der Waals surface area contributed by atoms with E-state index in [2.05, 4.69) is 20.6 Å². The van der Waals surface area contributed by atoms with Gasteiger partial charge < -0.3 is 10.6 Å². The Kier molecular flexibility index (Phi) is 9.82. The second-order valence-corrected chi connectivity index (χ2v) is 9.98. The number of aliphatic imine (C=N–C) groups is 1. The van der Waals surface area contributed by atoms with Gasteiger partial charge in [0.2, 0.25) is 0 Å². The van der Waals surface area contributed by atoms with Gasteiger partial charge in [-0.15, -0.1) is 35.3 Å². The van der Waals surface area contributed by atoms with Gasteiger partial charge in [0.1, 0.15) is 5.01 Å². The van der Waals surface area contributed by atoms with E-state index in [1.807, 2.05) is 6.92 Å². The SMILES string of the molecule is CCNC(=NCc1nc(C(F)(F)F)cs1)NCCS(=O)(=O)C(C)(C)C.I. The van der Waals surface area contributed by atoms with Crippen LogP contribution in [0.3, 0.4) is 0 Å². The Balaban J connectivity index is 0.00000625. The Morgan fingerprint density at radius 2 is 1.88 bits per heavy atom. The van der Waals surface area contributed by atoms with E-state index in [0.717, 1.165) is 16.7 Å². The van der Waals surface area contributed by atoms with E-state index in [0.29, 0.717) is 12.5 Å². The number of alkyl halides is 3. The van der Waals surface area contributed by atoms with Crippen LogP contribution in [0.5, 0.6) is 0 Å². The number of hydrogen-bond acceptors (Lipinski definition) is 5. The molecule has 0 amide bonds. The standard InChI is InChI=1S/C14H23F3N4O2S2.HI/c1-5-18-12(19-6-7-25(22,23)13(2,3)4)20-8-11-21-10(9-24-11)14(15,16)17;/h9H,5-8H2,1-4H3,(H2,18,19,20);1H. The van der Waals surface area contributed by atoms with Gasteiger partial charge in [-0.3, -0.25) is 0 Å². The maximum Gasteiger partial charge on any atom is 0.434 e. The Bertz CT molecular complexity index is 698. The van der Waals surface area contributed by atoms with Crippen molar-refractivity contribution < 1.29 is 21.6 Å². The van der Waals surface area contributed by atoms with Crippen molar-refractivity contribution in [3.63, 3.8) is 0 Å². The highest BCUT2D eigenvalue weighted by Crippen LogP contribution is 2.30. The number of sulfone groups is 1. The van der Waals surface area contributed by atoms with Crippen molar-refractivity contribution in [3.05, 3.63) is 16.1 Å². The van der Waals surface area contributed by atoms with Crippen LogP contribution in [0.1, 0.15) is 38.4 Å². The van der Waals surface area contributed by atoms with Crippen LogP contribution >= 0.6 is 35.3 Å². The molecule has 0 saturated carbocycles. The maximum atomic E-state index is 12.5. The average molecular weight is 528 g/mol. The lowest BCUT2D eigenvalue weighted by Crippen LogP contribution is -2.41. The molecule has 0 fully saturated rings. The van der Waals surface area contributed by atoms with E-state index < -0.39 is 26.5 Å². The molecule has 0 aliphatic carbocycles. The van der Waals surface area contributed by atoms with E-state index in [4.69, 9.17) is 0 Å². The Morgan fingerprint density at radius 1 is 1.27 bits per heavy atom. The van der Waals surface area contributed by atoms with Crippen molar-refractivity contribution in [1.82, 2.24) is 15.6 Å². The van der Waals surface area contributed by atoms with E-state index in [9.17, 15) is 21.6 Å². The number of nitrogens with zero attached hydrogens (tertiary/aromatic N) is 2. The fourth-order valence-corrected chi connectivity index (χ4v) is 3.32. The van der Waals surface area contributed by atoms with Crippen LogP contribution in [0.15, 0.2) is 10.4 Å². The van der Waals surface area contributed by atoms with Gasteiger partial charge in [-0.1, -0.05) is 0 Å². The molecule has 0 aliphatic heterocycles. The lowest BCUT2D eigenvalue weighted by molar-refractivity contribution is -0.140. The third-order valence-corrected chi connectivity index (χ3v) is 6.60. The number of thiazole rings is 1. The summed E-state index contributed by atoms with van der Waals surface area (Å²) >= 11 is 0.878. The fraction of sp³-hybridized carbons (Fsp3) is 0.714. The summed E-state index contributed by atoms with van der Waals surface area (Å²) in [6.45, 7) is 7.37. The molecule has 0 bridgehead atoms. The molecular weight excluding hydrogens is 504 g/mol. The zero-order chi connectivity index (χ0) is 19.3. The Morgan fingerprint density at radius 3 is 2.35 bits per heavy atom. The predicted octanol–water partition coefficient (Wildman–Crippen LogP) is 3.05. The van der Waals surface area contributed by atoms with Gasteiger partial charge in [-0.05, 0) is 27.7 Å². The number of guanidine groups is 1. The Hall–Kier alpha value is -0.630. The first kappa shape index (κ1) is 25.4. The summed E-state index contributed by atoms with van der Waals surface area (Å²) < 4.78 is 60.8. The van der Waals surface area contributed by atoms with Crippen molar-refractivity contribution >= 4 is 51.1 Å². The molecule has 1 aromatic heterocycles. The Labute approximate surface area is 173 Å². The van der Waals surface area contributed by atoms with Gasteiger partial charge in [-0.25, -0.2) is 18.4 Å². The number of hydrogen-bond donors (Lipinski definition) is 2. The molecule has 6 nitrogen and oxygen atoms in total. The van der Waals surface area contributed by atoms with E-state index in [1.54, 1.807) is 20.8 Å².